The molecule has 3 heterocycles. The third kappa shape index (κ3) is 2.75. The number of furan rings is 1. The molecule has 7 heteroatoms. The standard InChI is InChI=1S/C22H14N2O4S/c25-19(16-12-14-8-4-5-9-15(14)28-16)17-18(13-6-2-1-3-7-13)24(21(27)20(17)26)22-23-10-11-29-22/h1-12,18,26H/t18-/m0/s1. The molecule has 0 fully saturated rings. The summed E-state index contributed by atoms with van der Waals surface area (Å²) in [7, 11) is 0. The van der Waals surface area contributed by atoms with Gasteiger partial charge in [0.15, 0.2) is 16.7 Å². The van der Waals surface area contributed by atoms with E-state index in [4.69, 9.17) is 4.42 Å². The topological polar surface area (TPSA) is 83.6 Å². The lowest BCUT2D eigenvalue weighted by atomic mass is 9.95. The molecule has 1 atom stereocenters. The molecule has 0 saturated heterocycles. The molecule has 5 rings (SSSR count). The summed E-state index contributed by atoms with van der Waals surface area (Å²) in [5.74, 6) is -1.70. The van der Waals surface area contributed by atoms with E-state index in [1.54, 1.807) is 23.7 Å². The quantitative estimate of drug-likeness (QED) is 0.502. The first-order valence-corrected chi connectivity index (χ1v) is 9.77. The molecular formula is C22H14N2O4S. The summed E-state index contributed by atoms with van der Waals surface area (Å²) >= 11 is 1.26. The molecule has 2 aromatic heterocycles. The summed E-state index contributed by atoms with van der Waals surface area (Å²) in [5.41, 5.74) is 1.24. The Hall–Kier alpha value is -3.71. The van der Waals surface area contributed by atoms with Gasteiger partial charge in [-0.3, -0.25) is 14.5 Å². The smallest absolute Gasteiger partial charge is 0.296 e. The second-order valence-corrected chi connectivity index (χ2v) is 7.42. The summed E-state index contributed by atoms with van der Waals surface area (Å²) in [6.07, 6.45) is 1.57. The predicted molar refractivity (Wildman–Crippen MR) is 109 cm³/mol. The van der Waals surface area contributed by atoms with Crippen molar-refractivity contribution >= 4 is 39.1 Å². The fourth-order valence-corrected chi connectivity index (χ4v) is 4.21. The maximum Gasteiger partial charge on any atom is 0.296 e. The summed E-state index contributed by atoms with van der Waals surface area (Å²) in [5, 5.41) is 13.6. The Morgan fingerprint density at radius 2 is 1.86 bits per heavy atom. The lowest BCUT2D eigenvalue weighted by Crippen LogP contribution is -2.30. The Balaban J connectivity index is 1.66. The minimum Gasteiger partial charge on any atom is -0.503 e. The Kier molecular flexibility index (Phi) is 4.03. The lowest BCUT2D eigenvalue weighted by Gasteiger charge is -2.24. The Morgan fingerprint density at radius 3 is 2.59 bits per heavy atom. The van der Waals surface area contributed by atoms with E-state index >= 15 is 0 Å². The highest BCUT2D eigenvalue weighted by atomic mass is 32.1. The number of carbonyl (C=O) groups is 2. The minimum atomic E-state index is -0.796. The van der Waals surface area contributed by atoms with Gasteiger partial charge in [-0.1, -0.05) is 48.5 Å². The number of hydrogen-bond acceptors (Lipinski definition) is 6. The summed E-state index contributed by atoms with van der Waals surface area (Å²) < 4.78 is 5.70. The average molecular weight is 402 g/mol. The van der Waals surface area contributed by atoms with Crippen LogP contribution in [0.5, 0.6) is 0 Å². The van der Waals surface area contributed by atoms with Crippen molar-refractivity contribution in [1.29, 1.82) is 0 Å². The van der Waals surface area contributed by atoms with Gasteiger partial charge in [-0.15, -0.1) is 11.3 Å². The number of ketones is 1. The SMILES string of the molecule is O=C(C1=C(O)C(=O)N(c2nccs2)[C@H]1c1ccccc1)c1cc2ccccc2o1. The van der Waals surface area contributed by atoms with Gasteiger partial charge in [0, 0.05) is 17.0 Å². The number of carbonyl (C=O) groups excluding carboxylic acids is 2. The Labute approximate surface area is 169 Å². The van der Waals surface area contributed by atoms with Crippen molar-refractivity contribution in [2.45, 2.75) is 6.04 Å². The van der Waals surface area contributed by atoms with Gasteiger partial charge in [-0.2, -0.15) is 0 Å². The number of aliphatic hydroxyl groups is 1. The molecule has 0 radical (unpaired) electrons. The van der Waals surface area contributed by atoms with Gasteiger partial charge in [0.2, 0.25) is 5.78 Å². The number of aromatic nitrogens is 1. The number of aliphatic hydroxyl groups excluding tert-OH is 1. The number of thiazole rings is 1. The van der Waals surface area contributed by atoms with E-state index in [1.807, 2.05) is 48.5 Å². The van der Waals surface area contributed by atoms with E-state index in [-0.39, 0.29) is 11.3 Å². The minimum absolute atomic E-state index is 0.0181. The molecule has 2 aromatic carbocycles. The van der Waals surface area contributed by atoms with Crippen LogP contribution in [-0.4, -0.2) is 21.8 Å². The Morgan fingerprint density at radius 1 is 1.10 bits per heavy atom. The maximum atomic E-state index is 13.4. The first kappa shape index (κ1) is 17.4. The monoisotopic (exact) mass is 402 g/mol. The van der Waals surface area contributed by atoms with E-state index < -0.39 is 23.5 Å². The molecule has 0 unspecified atom stereocenters. The van der Waals surface area contributed by atoms with Gasteiger partial charge in [-0.25, -0.2) is 4.98 Å². The normalized spacial score (nSPS) is 16.8. The van der Waals surface area contributed by atoms with Crippen molar-refractivity contribution in [1.82, 2.24) is 4.98 Å². The zero-order chi connectivity index (χ0) is 20.0. The molecule has 1 aliphatic heterocycles. The van der Waals surface area contributed by atoms with Gasteiger partial charge in [-0.05, 0) is 17.7 Å². The highest BCUT2D eigenvalue weighted by molar-refractivity contribution is 7.13. The van der Waals surface area contributed by atoms with Crippen molar-refractivity contribution in [3.63, 3.8) is 0 Å². The van der Waals surface area contributed by atoms with Crippen LogP contribution in [0.25, 0.3) is 11.0 Å². The zero-order valence-corrected chi connectivity index (χ0v) is 15.8. The van der Waals surface area contributed by atoms with Crippen molar-refractivity contribution in [2.24, 2.45) is 0 Å². The van der Waals surface area contributed by atoms with Crippen LogP contribution in [0.1, 0.15) is 22.2 Å². The van der Waals surface area contributed by atoms with E-state index in [1.165, 1.54) is 16.2 Å². The number of fused-ring (bicyclic) bond motifs is 1. The number of nitrogens with zero attached hydrogens (tertiary/aromatic N) is 2. The van der Waals surface area contributed by atoms with Gasteiger partial charge in [0.25, 0.3) is 5.91 Å². The molecule has 1 aliphatic rings. The lowest BCUT2D eigenvalue weighted by molar-refractivity contribution is -0.117. The molecule has 1 N–H and O–H groups in total. The molecule has 0 saturated carbocycles. The third-order valence-electron chi connectivity index (χ3n) is 4.84. The van der Waals surface area contributed by atoms with Crippen molar-refractivity contribution in [3.8, 4) is 0 Å². The van der Waals surface area contributed by atoms with Gasteiger partial charge >= 0.3 is 0 Å². The van der Waals surface area contributed by atoms with E-state index in [0.29, 0.717) is 16.3 Å². The zero-order valence-electron chi connectivity index (χ0n) is 15.0. The molecule has 142 valence electrons. The first-order valence-electron chi connectivity index (χ1n) is 8.89. The second-order valence-electron chi connectivity index (χ2n) is 6.54. The molecule has 0 spiro atoms. The molecule has 0 bridgehead atoms. The van der Waals surface area contributed by atoms with Crippen LogP contribution < -0.4 is 4.90 Å². The maximum absolute atomic E-state index is 13.4. The molecule has 0 aliphatic carbocycles. The number of benzene rings is 2. The number of hydrogen-bond donors (Lipinski definition) is 1. The first-order chi connectivity index (χ1) is 14.1. The van der Waals surface area contributed by atoms with Crippen molar-refractivity contribution < 1.29 is 19.1 Å². The number of anilines is 1. The van der Waals surface area contributed by atoms with Crippen LogP contribution in [0.2, 0.25) is 0 Å². The molecular weight excluding hydrogens is 388 g/mol. The summed E-state index contributed by atoms with van der Waals surface area (Å²) in [6, 6.07) is 17.2. The van der Waals surface area contributed by atoms with E-state index in [9.17, 15) is 14.7 Å². The largest absolute Gasteiger partial charge is 0.503 e. The van der Waals surface area contributed by atoms with Gasteiger partial charge in [0.05, 0.1) is 11.6 Å². The van der Waals surface area contributed by atoms with Gasteiger partial charge < -0.3 is 9.52 Å². The van der Waals surface area contributed by atoms with Crippen molar-refractivity contribution in [2.75, 3.05) is 4.90 Å². The molecule has 29 heavy (non-hydrogen) atoms. The highest BCUT2D eigenvalue weighted by Gasteiger charge is 2.46. The van der Waals surface area contributed by atoms with Crippen LogP contribution in [0.15, 0.2) is 88.0 Å². The molecule has 1 amide bonds. The Bertz CT molecular complexity index is 1230. The average Bonchev–Trinajstić information content (AvgIpc) is 3.47. The third-order valence-corrected chi connectivity index (χ3v) is 5.61. The summed E-state index contributed by atoms with van der Waals surface area (Å²) in [4.78, 5) is 31.8. The van der Waals surface area contributed by atoms with Crippen LogP contribution >= 0.6 is 11.3 Å². The van der Waals surface area contributed by atoms with E-state index in [2.05, 4.69) is 4.98 Å². The number of Topliss-reactive ketones (excluding diaryl/α,β-unsaturated/α-hetero) is 1. The number of amides is 1. The number of para-hydroxylation sites is 1. The highest BCUT2D eigenvalue weighted by Crippen LogP contribution is 2.42. The fraction of sp³-hybridized carbons (Fsp3) is 0.0455. The van der Waals surface area contributed by atoms with Crippen LogP contribution in [0, 0.1) is 0 Å². The van der Waals surface area contributed by atoms with Crippen LogP contribution in [0.3, 0.4) is 0 Å². The number of rotatable bonds is 4. The van der Waals surface area contributed by atoms with Crippen LogP contribution in [0.4, 0.5) is 5.13 Å². The molecule has 6 nitrogen and oxygen atoms in total. The van der Waals surface area contributed by atoms with Crippen LogP contribution in [-0.2, 0) is 4.79 Å². The van der Waals surface area contributed by atoms with Gasteiger partial charge in [0.1, 0.15) is 5.58 Å². The fourth-order valence-electron chi connectivity index (χ4n) is 3.55. The predicted octanol–water partition coefficient (Wildman–Crippen LogP) is 4.67. The molecule has 4 aromatic rings. The summed E-state index contributed by atoms with van der Waals surface area (Å²) in [6.45, 7) is 0. The van der Waals surface area contributed by atoms with Crippen molar-refractivity contribution in [3.05, 3.63) is 94.9 Å². The second kappa shape index (κ2) is 6.72. The van der Waals surface area contributed by atoms with E-state index in [0.717, 1.165) is 5.39 Å².